The highest BCUT2D eigenvalue weighted by Gasteiger charge is 2.34. The fraction of sp³-hybridized carbons (Fsp3) is 0.500. The molecule has 1 atom stereocenters. The van der Waals surface area contributed by atoms with E-state index in [2.05, 4.69) is 0 Å². The molecule has 3 nitrogen and oxygen atoms in total. The SMILES string of the molecule is CCCN(CC(F)(F)F)C(CC(=N)N)c1ccccc1. The summed E-state index contributed by atoms with van der Waals surface area (Å²) < 4.78 is 38.1. The maximum Gasteiger partial charge on any atom is 0.401 e. The zero-order valence-electron chi connectivity index (χ0n) is 11.5. The number of amidine groups is 1. The monoisotopic (exact) mass is 287 g/mol. The van der Waals surface area contributed by atoms with Crippen LogP contribution < -0.4 is 5.73 Å². The molecule has 0 aliphatic carbocycles. The number of hydrogen-bond donors (Lipinski definition) is 2. The van der Waals surface area contributed by atoms with Crippen LogP contribution in [0, 0.1) is 5.41 Å². The highest BCUT2D eigenvalue weighted by atomic mass is 19.4. The first-order valence-electron chi connectivity index (χ1n) is 6.52. The summed E-state index contributed by atoms with van der Waals surface area (Å²) in [6, 6.07) is 8.39. The van der Waals surface area contributed by atoms with Gasteiger partial charge in [-0.25, -0.2) is 0 Å². The van der Waals surface area contributed by atoms with E-state index in [1.54, 1.807) is 24.3 Å². The van der Waals surface area contributed by atoms with E-state index in [0.717, 1.165) is 5.56 Å². The number of hydrogen-bond acceptors (Lipinski definition) is 2. The molecular weight excluding hydrogens is 267 g/mol. The first-order valence-corrected chi connectivity index (χ1v) is 6.52. The molecular formula is C14H20F3N3. The van der Waals surface area contributed by atoms with E-state index >= 15 is 0 Å². The van der Waals surface area contributed by atoms with Crippen molar-refractivity contribution in [1.82, 2.24) is 4.90 Å². The molecule has 0 aliphatic heterocycles. The van der Waals surface area contributed by atoms with Gasteiger partial charge < -0.3 is 5.73 Å². The molecule has 1 aromatic rings. The summed E-state index contributed by atoms with van der Waals surface area (Å²) >= 11 is 0. The fourth-order valence-electron chi connectivity index (χ4n) is 2.20. The number of nitrogens with zero attached hydrogens (tertiary/aromatic N) is 1. The molecule has 1 rings (SSSR count). The highest BCUT2D eigenvalue weighted by Crippen LogP contribution is 2.28. The Kier molecular flexibility index (Phi) is 6.01. The second-order valence-electron chi connectivity index (χ2n) is 4.74. The fourth-order valence-corrected chi connectivity index (χ4v) is 2.20. The van der Waals surface area contributed by atoms with Crippen LogP contribution in [0.3, 0.4) is 0 Å². The van der Waals surface area contributed by atoms with Gasteiger partial charge in [0.2, 0.25) is 0 Å². The average molecular weight is 287 g/mol. The summed E-state index contributed by atoms with van der Waals surface area (Å²) in [5, 5.41) is 7.40. The maximum absolute atomic E-state index is 12.7. The lowest BCUT2D eigenvalue weighted by atomic mass is 10.0. The number of alkyl halides is 3. The third kappa shape index (κ3) is 5.61. The normalized spacial score (nSPS) is 13.4. The van der Waals surface area contributed by atoms with Gasteiger partial charge in [0.25, 0.3) is 0 Å². The summed E-state index contributed by atoms with van der Waals surface area (Å²) in [5.74, 6) is -0.109. The molecule has 0 saturated carbocycles. The van der Waals surface area contributed by atoms with Gasteiger partial charge in [-0.3, -0.25) is 10.3 Å². The van der Waals surface area contributed by atoms with Crippen molar-refractivity contribution in [3.63, 3.8) is 0 Å². The Hall–Kier alpha value is -1.56. The minimum atomic E-state index is -4.26. The lowest BCUT2D eigenvalue weighted by Gasteiger charge is -2.32. The van der Waals surface area contributed by atoms with Crippen LogP contribution in [0.4, 0.5) is 13.2 Å². The van der Waals surface area contributed by atoms with Crippen molar-refractivity contribution in [1.29, 1.82) is 5.41 Å². The van der Waals surface area contributed by atoms with Crippen LogP contribution in [0.2, 0.25) is 0 Å². The van der Waals surface area contributed by atoms with Crippen LogP contribution in [0.25, 0.3) is 0 Å². The summed E-state index contributed by atoms with van der Waals surface area (Å²) in [6.07, 6.45) is -3.56. The van der Waals surface area contributed by atoms with Crippen molar-refractivity contribution in [2.24, 2.45) is 5.73 Å². The van der Waals surface area contributed by atoms with Crippen molar-refractivity contribution < 1.29 is 13.2 Å². The van der Waals surface area contributed by atoms with Crippen molar-refractivity contribution >= 4 is 5.84 Å². The highest BCUT2D eigenvalue weighted by molar-refractivity contribution is 5.77. The van der Waals surface area contributed by atoms with Crippen LogP contribution in [0.1, 0.15) is 31.4 Å². The van der Waals surface area contributed by atoms with Crippen LogP contribution in [0.5, 0.6) is 0 Å². The predicted molar refractivity (Wildman–Crippen MR) is 73.6 cm³/mol. The largest absolute Gasteiger partial charge is 0.401 e. The van der Waals surface area contributed by atoms with Gasteiger partial charge >= 0.3 is 6.18 Å². The molecule has 1 aromatic carbocycles. The van der Waals surface area contributed by atoms with Crippen LogP contribution in [-0.4, -0.2) is 30.0 Å². The molecule has 0 aliphatic rings. The summed E-state index contributed by atoms with van der Waals surface area (Å²) in [7, 11) is 0. The maximum atomic E-state index is 12.7. The molecule has 3 N–H and O–H groups in total. The Morgan fingerprint density at radius 3 is 2.35 bits per heavy atom. The smallest absolute Gasteiger partial charge is 0.388 e. The lowest BCUT2D eigenvalue weighted by molar-refractivity contribution is -0.151. The van der Waals surface area contributed by atoms with Crippen molar-refractivity contribution in [3.8, 4) is 0 Å². The second-order valence-corrected chi connectivity index (χ2v) is 4.74. The topological polar surface area (TPSA) is 53.1 Å². The first kappa shape index (κ1) is 16.5. The van der Waals surface area contributed by atoms with Crippen molar-refractivity contribution in [2.75, 3.05) is 13.1 Å². The van der Waals surface area contributed by atoms with Gasteiger partial charge in [-0.2, -0.15) is 13.2 Å². The van der Waals surface area contributed by atoms with E-state index < -0.39 is 18.8 Å². The Balaban J connectivity index is 3.01. The Morgan fingerprint density at radius 2 is 1.90 bits per heavy atom. The summed E-state index contributed by atoms with van der Waals surface area (Å²) in [4.78, 5) is 1.34. The molecule has 0 amide bonds. The van der Waals surface area contributed by atoms with E-state index in [9.17, 15) is 13.2 Å². The molecule has 0 aromatic heterocycles. The standard InChI is InChI=1S/C14H20F3N3/c1-2-8-20(10-14(15,16)17)12(9-13(18)19)11-6-4-3-5-7-11/h3-7,12H,2,8-10H2,1H3,(H3,18,19). The molecule has 0 saturated heterocycles. The van der Waals surface area contributed by atoms with E-state index in [1.165, 1.54) is 4.90 Å². The predicted octanol–water partition coefficient (Wildman–Crippen LogP) is 3.33. The van der Waals surface area contributed by atoms with E-state index in [0.29, 0.717) is 13.0 Å². The molecule has 0 radical (unpaired) electrons. The third-order valence-corrected chi connectivity index (χ3v) is 2.93. The molecule has 0 bridgehead atoms. The van der Waals surface area contributed by atoms with E-state index in [-0.39, 0.29) is 12.3 Å². The summed E-state index contributed by atoms with van der Waals surface area (Å²) in [5.41, 5.74) is 6.15. The minimum absolute atomic E-state index is 0.0973. The number of nitrogens with two attached hydrogens (primary N) is 1. The molecule has 1 unspecified atom stereocenters. The minimum Gasteiger partial charge on any atom is -0.388 e. The zero-order valence-corrected chi connectivity index (χ0v) is 11.5. The number of halogens is 3. The quantitative estimate of drug-likeness (QED) is 0.597. The first-order chi connectivity index (χ1) is 9.33. The van der Waals surface area contributed by atoms with Gasteiger partial charge in [0.05, 0.1) is 12.4 Å². The number of nitrogens with one attached hydrogen (secondary N) is 1. The molecule has 112 valence electrons. The van der Waals surface area contributed by atoms with Crippen LogP contribution >= 0.6 is 0 Å². The molecule has 0 spiro atoms. The molecule has 6 heteroatoms. The van der Waals surface area contributed by atoms with Gasteiger partial charge in [-0.15, -0.1) is 0 Å². The van der Waals surface area contributed by atoms with Gasteiger partial charge in [-0.1, -0.05) is 37.3 Å². The van der Waals surface area contributed by atoms with Gasteiger partial charge in [0, 0.05) is 12.5 Å². The Bertz CT molecular complexity index is 417. The van der Waals surface area contributed by atoms with E-state index in [1.807, 2.05) is 13.0 Å². The summed E-state index contributed by atoms with van der Waals surface area (Å²) in [6.45, 7) is 1.15. The van der Waals surface area contributed by atoms with Gasteiger partial charge in [0.1, 0.15) is 0 Å². The third-order valence-electron chi connectivity index (χ3n) is 2.93. The Morgan fingerprint density at radius 1 is 1.30 bits per heavy atom. The van der Waals surface area contributed by atoms with Crippen molar-refractivity contribution in [2.45, 2.75) is 32.0 Å². The average Bonchev–Trinajstić information content (AvgIpc) is 2.35. The zero-order chi connectivity index (χ0) is 15.2. The molecule has 20 heavy (non-hydrogen) atoms. The van der Waals surface area contributed by atoms with Crippen LogP contribution in [-0.2, 0) is 0 Å². The second kappa shape index (κ2) is 7.28. The van der Waals surface area contributed by atoms with Gasteiger partial charge in [0.15, 0.2) is 0 Å². The van der Waals surface area contributed by atoms with Gasteiger partial charge in [-0.05, 0) is 18.5 Å². The van der Waals surface area contributed by atoms with Crippen LogP contribution in [0.15, 0.2) is 30.3 Å². The Labute approximate surface area is 117 Å². The number of rotatable bonds is 7. The van der Waals surface area contributed by atoms with E-state index in [4.69, 9.17) is 11.1 Å². The lowest BCUT2D eigenvalue weighted by Crippen LogP contribution is -2.39. The number of benzene rings is 1. The molecule has 0 fully saturated rings. The molecule has 0 heterocycles. The van der Waals surface area contributed by atoms with Crippen molar-refractivity contribution in [3.05, 3.63) is 35.9 Å².